The Bertz CT molecular complexity index is 534. The van der Waals surface area contributed by atoms with E-state index in [0.717, 1.165) is 50.8 Å². The highest BCUT2D eigenvalue weighted by Crippen LogP contribution is 2.27. The van der Waals surface area contributed by atoms with Crippen molar-refractivity contribution in [3.63, 3.8) is 0 Å². The first kappa shape index (κ1) is 15.4. The number of β-amino-alcohol motifs (C(OH)–C–C–N with tert-alkyl or cyclic N) is 1. The smallest absolute Gasteiger partial charge is 0.253 e. The molecular formula is C17H25N3O2. The highest BCUT2D eigenvalue weighted by molar-refractivity contribution is 5.94. The number of hydrogen-bond acceptors (Lipinski definition) is 4. The van der Waals surface area contributed by atoms with Crippen LogP contribution >= 0.6 is 0 Å². The number of hydrogen-bond donors (Lipinski definition) is 2. The van der Waals surface area contributed by atoms with Crippen LogP contribution in [0.3, 0.4) is 0 Å². The third-order valence-electron chi connectivity index (χ3n) is 4.93. The number of nitrogens with zero attached hydrogens (tertiary/aromatic N) is 2. The van der Waals surface area contributed by atoms with Crippen LogP contribution in [0.15, 0.2) is 18.5 Å². The van der Waals surface area contributed by atoms with Gasteiger partial charge in [0.1, 0.15) is 0 Å². The van der Waals surface area contributed by atoms with Crippen LogP contribution in [-0.2, 0) is 6.42 Å². The Kier molecular flexibility index (Phi) is 4.74. The summed E-state index contributed by atoms with van der Waals surface area (Å²) in [7, 11) is 0. The number of likely N-dealkylation sites (tertiary alicyclic amines) is 1. The Morgan fingerprint density at radius 1 is 1.41 bits per heavy atom. The molecule has 0 radical (unpaired) electrons. The summed E-state index contributed by atoms with van der Waals surface area (Å²) in [5, 5.41) is 12.9. The van der Waals surface area contributed by atoms with Gasteiger partial charge >= 0.3 is 0 Å². The van der Waals surface area contributed by atoms with Crippen molar-refractivity contribution in [1.29, 1.82) is 0 Å². The second kappa shape index (κ2) is 6.75. The van der Waals surface area contributed by atoms with Gasteiger partial charge in [-0.1, -0.05) is 6.92 Å². The molecule has 3 atom stereocenters. The molecule has 22 heavy (non-hydrogen) atoms. The summed E-state index contributed by atoms with van der Waals surface area (Å²) in [6, 6.07) is 2.47. The van der Waals surface area contributed by atoms with Crippen molar-refractivity contribution in [1.82, 2.24) is 15.2 Å². The molecule has 1 aliphatic carbocycles. The molecule has 2 heterocycles. The molecule has 1 amide bonds. The van der Waals surface area contributed by atoms with Gasteiger partial charge in [0.05, 0.1) is 11.7 Å². The van der Waals surface area contributed by atoms with Crippen molar-refractivity contribution in [2.45, 2.75) is 57.2 Å². The minimum Gasteiger partial charge on any atom is -0.392 e. The molecule has 0 aromatic carbocycles. The van der Waals surface area contributed by atoms with Crippen LogP contribution < -0.4 is 5.32 Å². The van der Waals surface area contributed by atoms with E-state index in [0.29, 0.717) is 11.6 Å². The number of nitrogens with one attached hydrogen (secondary N) is 1. The minimum absolute atomic E-state index is 0.0283. The van der Waals surface area contributed by atoms with E-state index < -0.39 is 0 Å². The molecule has 0 bridgehead atoms. The fourth-order valence-electron chi connectivity index (χ4n) is 3.67. The van der Waals surface area contributed by atoms with Crippen LogP contribution in [0.5, 0.6) is 0 Å². The summed E-state index contributed by atoms with van der Waals surface area (Å²) in [6.45, 7) is 3.74. The van der Waals surface area contributed by atoms with Gasteiger partial charge in [0.25, 0.3) is 5.91 Å². The van der Waals surface area contributed by atoms with Crippen LogP contribution in [0.2, 0.25) is 0 Å². The molecule has 2 aliphatic rings. The molecule has 120 valence electrons. The number of carbonyl (C=O) groups excluding carboxylic acids is 1. The number of carbonyl (C=O) groups is 1. The second-order valence-corrected chi connectivity index (χ2v) is 6.45. The maximum Gasteiger partial charge on any atom is 0.253 e. The van der Waals surface area contributed by atoms with Gasteiger partial charge in [0.2, 0.25) is 0 Å². The van der Waals surface area contributed by atoms with Gasteiger partial charge in [0.15, 0.2) is 0 Å². The molecule has 3 rings (SSSR count). The van der Waals surface area contributed by atoms with Gasteiger partial charge in [-0.05, 0) is 43.7 Å². The van der Waals surface area contributed by atoms with Crippen LogP contribution in [0.25, 0.3) is 0 Å². The van der Waals surface area contributed by atoms with Gasteiger partial charge in [-0.2, -0.15) is 0 Å². The fourth-order valence-corrected chi connectivity index (χ4v) is 3.67. The summed E-state index contributed by atoms with van der Waals surface area (Å²) in [6.07, 6.45) is 8.22. The molecule has 5 nitrogen and oxygen atoms in total. The topological polar surface area (TPSA) is 65.5 Å². The zero-order valence-corrected chi connectivity index (χ0v) is 13.2. The molecule has 2 N–H and O–H groups in total. The van der Waals surface area contributed by atoms with Crippen LogP contribution in [-0.4, -0.2) is 52.2 Å². The zero-order chi connectivity index (χ0) is 15.5. The lowest BCUT2D eigenvalue weighted by atomic mass is 10.1. The quantitative estimate of drug-likeness (QED) is 0.881. The van der Waals surface area contributed by atoms with Gasteiger partial charge in [0, 0.05) is 37.6 Å². The van der Waals surface area contributed by atoms with E-state index in [1.54, 1.807) is 12.4 Å². The van der Waals surface area contributed by atoms with E-state index in [9.17, 15) is 9.90 Å². The van der Waals surface area contributed by atoms with Crippen molar-refractivity contribution in [2.24, 2.45) is 0 Å². The highest BCUT2D eigenvalue weighted by atomic mass is 16.3. The first-order chi connectivity index (χ1) is 10.7. The van der Waals surface area contributed by atoms with Gasteiger partial charge in [-0.3, -0.25) is 14.7 Å². The predicted octanol–water partition coefficient (Wildman–Crippen LogP) is 1.36. The monoisotopic (exact) mass is 303 g/mol. The average molecular weight is 303 g/mol. The Morgan fingerprint density at radius 2 is 2.27 bits per heavy atom. The van der Waals surface area contributed by atoms with Gasteiger partial charge < -0.3 is 10.4 Å². The molecule has 1 saturated carbocycles. The average Bonchev–Trinajstić information content (AvgIpc) is 3.16. The first-order valence-electron chi connectivity index (χ1n) is 8.34. The van der Waals surface area contributed by atoms with Crippen molar-refractivity contribution in [3.8, 4) is 0 Å². The molecule has 1 saturated heterocycles. The van der Waals surface area contributed by atoms with Crippen LogP contribution in [0.4, 0.5) is 0 Å². The highest BCUT2D eigenvalue weighted by Gasteiger charge is 2.36. The number of aliphatic hydroxyl groups is 1. The number of amides is 1. The maximum absolute atomic E-state index is 12.5. The molecular weight excluding hydrogens is 278 g/mol. The van der Waals surface area contributed by atoms with E-state index in [1.165, 1.54) is 0 Å². The fraction of sp³-hybridized carbons (Fsp3) is 0.647. The van der Waals surface area contributed by atoms with E-state index in [-0.39, 0.29) is 18.1 Å². The minimum atomic E-state index is -0.206. The Morgan fingerprint density at radius 3 is 3.00 bits per heavy atom. The summed E-state index contributed by atoms with van der Waals surface area (Å²) >= 11 is 0. The Hall–Kier alpha value is -1.46. The number of aryl methyl sites for hydroxylation is 1. The summed E-state index contributed by atoms with van der Waals surface area (Å²) in [4.78, 5) is 19.0. The lowest BCUT2D eigenvalue weighted by molar-refractivity contribution is 0.0905. The number of aliphatic hydroxyl groups excluding tert-OH is 1. The summed E-state index contributed by atoms with van der Waals surface area (Å²) in [5.41, 5.74) is 1.73. The number of rotatable bonds is 4. The normalized spacial score (nSPS) is 28.9. The Balaban J connectivity index is 1.64. The third kappa shape index (κ3) is 3.31. The molecule has 1 aromatic heterocycles. The third-order valence-corrected chi connectivity index (χ3v) is 4.93. The lowest BCUT2D eigenvalue weighted by Gasteiger charge is -2.29. The SMILES string of the molecule is CCc1cncc(C(=O)N[C@@H]2CCC[C@@H]2N2CCC(O)C2)c1. The molecule has 0 spiro atoms. The van der Waals surface area contributed by atoms with Crippen molar-refractivity contribution in [2.75, 3.05) is 13.1 Å². The van der Waals surface area contributed by atoms with Gasteiger partial charge in [-0.15, -0.1) is 0 Å². The van der Waals surface area contributed by atoms with Crippen molar-refractivity contribution < 1.29 is 9.90 Å². The Labute approximate surface area is 131 Å². The van der Waals surface area contributed by atoms with Crippen molar-refractivity contribution >= 4 is 5.91 Å². The van der Waals surface area contributed by atoms with E-state index in [1.807, 2.05) is 6.07 Å². The molecule has 1 aromatic rings. The molecule has 2 fully saturated rings. The number of pyridine rings is 1. The van der Waals surface area contributed by atoms with Crippen LogP contribution in [0, 0.1) is 0 Å². The largest absolute Gasteiger partial charge is 0.392 e. The maximum atomic E-state index is 12.5. The lowest BCUT2D eigenvalue weighted by Crippen LogP contribution is -2.48. The number of aromatic nitrogens is 1. The predicted molar refractivity (Wildman–Crippen MR) is 84.7 cm³/mol. The molecule has 1 aliphatic heterocycles. The summed E-state index contributed by atoms with van der Waals surface area (Å²) < 4.78 is 0. The standard InChI is InChI=1S/C17H25N3O2/c1-2-12-8-13(10-18-9-12)17(22)19-15-4-3-5-16(15)20-7-6-14(21)11-20/h8-10,14-16,21H,2-7,11H2,1H3,(H,19,22)/t14?,15-,16+/m1/s1. The summed E-state index contributed by atoms with van der Waals surface area (Å²) in [5.74, 6) is -0.0283. The zero-order valence-electron chi connectivity index (χ0n) is 13.2. The van der Waals surface area contributed by atoms with Crippen molar-refractivity contribution in [3.05, 3.63) is 29.6 Å². The van der Waals surface area contributed by atoms with E-state index in [4.69, 9.17) is 0 Å². The van der Waals surface area contributed by atoms with Gasteiger partial charge in [-0.25, -0.2) is 0 Å². The molecule has 5 heteroatoms. The van der Waals surface area contributed by atoms with E-state index in [2.05, 4.69) is 22.1 Å². The van der Waals surface area contributed by atoms with Crippen LogP contribution in [0.1, 0.15) is 48.5 Å². The first-order valence-corrected chi connectivity index (χ1v) is 8.34. The molecule has 1 unspecified atom stereocenters. The van der Waals surface area contributed by atoms with E-state index >= 15 is 0 Å². The second-order valence-electron chi connectivity index (χ2n) is 6.45.